The van der Waals surface area contributed by atoms with Crippen LogP contribution in [0.4, 0.5) is 5.82 Å². The van der Waals surface area contributed by atoms with Crippen LogP contribution in [0.25, 0.3) is 5.69 Å². The third-order valence-electron chi connectivity index (χ3n) is 4.88. The van der Waals surface area contributed by atoms with Gasteiger partial charge in [0.15, 0.2) is 5.69 Å². The minimum absolute atomic E-state index is 0.248. The summed E-state index contributed by atoms with van der Waals surface area (Å²) in [7, 11) is 0. The lowest BCUT2D eigenvalue weighted by molar-refractivity contribution is 0.101. The molecule has 6 heteroatoms. The summed E-state index contributed by atoms with van der Waals surface area (Å²) in [4.78, 5) is 12.7. The molecule has 0 radical (unpaired) electrons. The van der Waals surface area contributed by atoms with Crippen molar-refractivity contribution in [2.75, 3.05) is 5.32 Å². The summed E-state index contributed by atoms with van der Waals surface area (Å²) in [5, 5.41) is 11.7. The first kappa shape index (κ1) is 14.5. The van der Waals surface area contributed by atoms with Crippen molar-refractivity contribution in [1.29, 1.82) is 0 Å². The van der Waals surface area contributed by atoms with Crippen molar-refractivity contribution >= 4 is 11.7 Å². The second kappa shape index (κ2) is 5.58. The number of nitrogens with zero attached hydrogens (tertiary/aromatic N) is 3. The summed E-state index contributed by atoms with van der Waals surface area (Å²) >= 11 is 0. The van der Waals surface area contributed by atoms with E-state index in [0.29, 0.717) is 11.6 Å². The first-order valence-corrected chi connectivity index (χ1v) is 8.74. The quantitative estimate of drug-likeness (QED) is 0.793. The Morgan fingerprint density at radius 3 is 2.84 bits per heavy atom. The first-order chi connectivity index (χ1) is 12.3. The highest BCUT2D eigenvalue weighted by atomic mass is 16.5. The molecular weight excluding hydrogens is 316 g/mol. The van der Waals surface area contributed by atoms with Gasteiger partial charge in [0.2, 0.25) is 0 Å². The average Bonchev–Trinajstić information content (AvgIpc) is 3.07. The van der Waals surface area contributed by atoms with Crippen LogP contribution in [0, 0.1) is 0 Å². The third-order valence-corrected chi connectivity index (χ3v) is 4.88. The van der Waals surface area contributed by atoms with E-state index in [-0.39, 0.29) is 5.91 Å². The molecule has 2 aliphatic carbocycles. The van der Waals surface area contributed by atoms with E-state index in [0.717, 1.165) is 60.6 Å². The average molecular weight is 334 g/mol. The predicted octanol–water partition coefficient (Wildman–Crippen LogP) is 3.48. The molecule has 3 aromatic rings. The summed E-state index contributed by atoms with van der Waals surface area (Å²) in [6.45, 7) is 0. The van der Waals surface area contributed by atoms with Crippen LogP contribution in [-0.4, -0.2) is 20.8 Å². The molecule has 1 fully saturated rings. The van der Waals surface area contributed by atoms with Crippen LogP contribution in [0.3, 0.4) is 0 Å². The van der Waals surface area contributed by atoms with E-state index in [9.17, 15) is 4.79 Å². The van der Waals surface area contributed by atoms with Crippen molar-refractivity contribution in [3.8, 4) is 5.69 Å². The van der Waals surface area contributed by atoms with Crippen molar-refractivity contribution in [2.24, 2.45) is 0 Å². The molecule has 2 aromatic heterocycles. The standard InChI is InChI=1S/C19H18N4O2/c24-19(16-11-17(25-22-16)12-9-10-12)20-18-14-7-4-8-15(14)21-23(18)13-5-2-1-3-6-13/h1-3,5-6,11-12H,4,7-10H2,(H,20,24). The van der Waals surface area contributed by atoms with Gasteiger partial charge < -0.3 is 9.84 Å². The number of aryl methyl sites for hydroxylation is 1. The lowest BCUT2D eigenvalue weighted by Crippen LogP contribution is -2.16. The number of hydrogen-bond acceptors (Lipinski definition) is 4. The summed E-state index contributed by atoms with van der Waals surface area (Å²) in [6, 6.07) is 11.6. The van der Waals surface area contributed by atoms with Crippen molar-refractivity contribution < 1.29 is 9.32 Å². The molecule has 0 saturated heterocycles. The van der Waals surface area contributed by atoms with Gasteiger partial charge in [-0.25, -0.2) is 4.68 Å². The van der Waals surface area contributed by atoms with E-state index >= 15 is 0 Å². The number of hydrogen-bond donors (Lipinski definition) is 1. The molecule has 126 valence electrons. The molecule has 0 spiro atoms. The monoisotopic (exact) mass is 334 g/mol. The summed E-state index contributed by atoms with van der Waals surface area (Å²) in [5.74, 6) is 1.75. The molecule has 1 aromatic carbocycles. The smallest absolute Gasteiger partial charge is 0.279 e. The highest BCUT2D eigenvalue weighted by molar-refractivity contribution is 6.03. The van der Waals surface area contributed by atoms with Crippen molar-refractivity contribution in [2.45, 2.75) is 38.0 Å². The Kier molecular flexibility index (Phi) is 3.23. The topological polar surface area (TPSA) is 73.0 Å². The predicted molar refractivity (Wildman–Crippen MR) is 92.0 cm³/mol. The van der Waals surface area contributed by atoms with E-state index < -0.39 is 0 Å². The number of fused-ring (bicyclic) bond motifs is 1. The minimum atomic E-state index is -0.248. The maximum absolute atomic E-state index is 12.7. The lowest BCUT2D eigenvalue weighted by atomic mass is 10.2. The molecule has 0 aliphatic heterocycles. The number of carbonyl (C=O) groups excluding carboxylic acids is 1. The van der Waals surface area contributed by atoms with Crippen molar-refractivity contribution in [3.05, 3.63) is 59.1 Å². The van der Waals surface area contributed by atoms with E-state index in [4.69, 9.17) is 9.62 Å². The molecule has 6 nitrogen and oxygen atoms in total. The fraction of sp³-hybridized carbons (Fsp3) is 0.316. The number of rotatable bonds is 4. The van der Waals surface area contributed by atoms with Crippen LogP contribution in [0.1, 0.15) is 52.7 Å². The first-order valence-electron chi connectivity index (χ1n) is 8.74. The fourth-order valence-corrected chi connectivity index (χ4v) is 3.40. The van der Waals surface area contributed by atoms with Crippen molar-refractivity contribution in [3.63, 3.8) is 0 Å². The van der Waals surface area contributed by atoms with Gasteiger partial charge in [-0.05, 0) is 44.2 Å². The number of anilines is 1. The molecule has 25 heavy (non-hydrogen) atoms. The molecular formula is C19H18N4O2. The summed E-state index contributed by atoms with van der Waals surface area (Å²) < 4.78 is 7.13. The Morgan fingerprint density at radius 1 is 1.20 bits per heavy atom. The molecule has 5 rings (SSSR count). The van der Waals surface area contributed by atoms with E-state index in [1.165, 1.54) is 0 Å². The Balaban J connectivity index is 1.49. The third kappa shape index (κ3) is 2.54. The Bertz CT molecular complexity index is 938. The van der Waals surface area contributed by atoms with Gasteiger partial charge >= 0.3 is 0 Å². The van der Waals surface area contributed by atoms with Gasteiger partial charge in [0.1, 0.15) is 11.6 Å². The molecule has 1 N–H and O–H groups in total. The fourth-order valence-electron chi connectivity index (χ4n) is 3.40. The van der Waals surface area contributed by atoms with Crippen LogP contribution < -0.4 is 5.32 Å². The van der Waals surface area contributed by atoms with Gasteiger partial charge in [-0.2, -0.15) is 5.10 Å². The maximum atomic E-state index is 12.7. The zero-order valence-electron chi connectivity index (χ0n) is 13.7. The van der Waals surface area contributed by atoms with Crippen molar-refractivity contribution in [1.82, 2.24) is 14.9 Å². The molecule has 0 unspecified atom stereocenters. The van der Waals surface area contributed by atoms with Gasteiger partial charge in [0, 0.05) is 17.5 Å². The zero-order chi connectivity index (χ0) is 16.8. The minimum Gasteiger partial charge on any atom is -0.360 e. The molecule has 0 atom stereocenters. The summed E-state index contributed by atoms with van der Waals surface area (Å²) in [6.07, 6.45) is 5.19. The van der Waals surface area contributed by atoms with Crippen LogP contribution in [0.15, 0.2) is 40.9 Å². The number of aromatic nitrogens is 3. The zero-order valence-corrected chi connectivity index (χ0v) is 13.7. The van der Waals surface area contributed by atoms with Gasteiger partial charge in [-0.3, -0.25) is 4.79 Å². The SMILES string of the molecule is O=C(Nc1c2c(nn1-c1ccccc1)CCC2)c1cc(C2CC2)on1. The molecule has 2 aliphatic rings. The number of carbonyl (C=O) groups is 1. The van der Waals surface area contributed by atoms with Crippen LogP contribution in [0.2, 0.25) is 0 Å². The van der Waals surface area contributed by atoms with Crippen LogP contribution in [-0.2, 0) is 12.8 Å². The largest absolute Gasteiger partial charge is 0.360 e. The summed E-state index contributed by atoms with van der Waals surface area (Å²) in [5.41, 5.74) is 3.46. The Labute approximate surface area is 144 Å². The molecule has 1 amide bonds. The molecule has 1 saturated carbocycles. The number of nitrogens with one attached hydrogen (secondary N) is 1. The van der Waals surface area contributed by atoms with Gasteiger partial charge in [0.05, 0.1) is 11.4 Å². The van der Waals surface area contributed by atoms with E-state index in [1.54, 1.807) is 6.07 Å². The number of para-hydroxylation sites is 1. The van der Waals surface area contributed by atoms with Crippen LogP contribution in [0.5, 0.6) is 0 Å². The Morgan fingerprint density at radius 2 is 2.04 bits per heavy atom. The number of benzene rings is 1. The highest BCUT2D eigenvalue weighted by Gasteiger charge is 2.30. The number of amides is 1. The van der Waals surface area contributed by atoms with Crippen LogP contribution >= 0.6 is 0 Å². The maximum Gasteiger partial charge on any atom is 0.279 e. The van der Waals surface area contributed by atoms with Gasteiger partial charge in [0.25, 0.3) is 5.91 Å². The lowest BCUT2D eigenvalue weighted by Gasteiger charge is -2.10. The molecule has 2 heterocycles. The highest BCUT2D eigenvalue weighted by Crippen LogP contribution is 2.40. The van der Waals surface area contributed by atoms with Gasteiger partial charge in [-0.15, -0.1) is 0 Å². The molecule has 0 bridgehead atoms. The van der Waals surface area contributed by atoms with Gasteiger partial charge in [-0.1, -0.05) is 23.4 Å². The second-order valence-corrected chi connectivity index (χ2v) is 6.72. The van der Waals surface area contributed by atoms with E-state index in [1.807, 2.05) is 35.0 Å². The van der Waals surface area contributed by atoms with E-state index in [2.05, 4.69) is 10.5 Å². The Hall–Kier alpha value is -2.89. The second-order valence-electron chi connectivity index (χ2n) is 6.72. The normalized spacial score (nSPS) is 16.0.